The number of halogens is 2. The number of nitrogens with zero attached hydrogens (tertiary/aromatic N) is 3. The Morgan fingerprint density at radius 3 is 2.44 bits per heavy atom. The standard InChI is InChI=1S/C29H32Cl2N4O/c30-25-15-21(19-4-6-22(7-5-19)34-11-2-1-3-12-34)16-26(31)24(25)14-20-10-13-35(29(20)36)23-8-9-27-28(17-23)33-18-32-27/h4-7,15-16,18,20,23H,1-3,8-14,17H2,(H,32,33)/t20-,23?/m0/s1. The first-order valence-corrected chi connectivity index (χ1v) is 14.0. The van der Waals surface area contributed by atoms with Crippen molar-refractivity contribution in [3.8, 4) is 11.1 Å². The number of carbonyl (C=O) groups is 1. The summed E-state index contributed by atoms with van der Waals surface area (Å²) < 4.78 is 0. The van der Waals surface area contributed by atoms with Gasteiger partial charge in [0.1, 0.15) is 0 Å². The molecule has 6 rings (SSSR count). The largest absolute Gasteiger partial charge is 0.372 e. The molecular formula is C29H32Cl2N4O. The highest BCUT2D eigenvalue weighted by Gasteiger charge is 2.38. The number of fused-ring (bicyclic) bond motifs is 1. The van der Waals surface area contributed by atoms with Gasteiger partial charge in [-0.15, -0.1) is 0 Å². The van der Waals surface area contributed by atoms with E-state index in [0.29, 0.717) is 16.5 Å². The molecule has 1 unspecified atom stereocenters. The molecule has 2 atom stereocenters. The third-order valence-corrected chi connectivity index (χ3v) is 8.94. The number of rotatable bonds is 5. The number of carbonyl (C=O) groups excluding carboxylic acids is 1. The lowest BCUT2D eigenvalue weighted by Gasteiger charge is -2.31. The number of likely N-dealkylation sites (tertiary alicyclic amines) is 1. The third kappa shape index (κ3) is 4.64. The van der Waals surface area contributed by atoms with Gasteiger partial charge in [0.2, 0.25) is 5.91 Å². The number of benzene rings is 2. The smallest absolute Gasteiger partial charge is 0.226 e. The summed E-state index contributed by atoms with van der Waals surface area (Å²) in [7, 11) is 0. The van der Waals surface area contributed by atoms with Crippen molar-refractivity contribution in [2.24, 2.45) is 5.92 Å². The summed E-state index contributed by atoms with van der Waals surface area (Å²) in [5.41, 5.74) is 6.59. The monoisotopic (exact) mass is 522 g/mol. The van der Waals surface area contributed by atoms with E-state index < -0.39 is 0 Å². The minimum atomic E-state index is -0.0714. The van der Waals surface area contributed by atoms with Crippen LogP contribution in [0, 0.1) is 5.92 Å². The van der Waals surface area contributed by atoms with Crippen LogP contribution in [0.15, 0.2) is 42.7 Å². The molecule has 2 aliphatic heterocycles. The van der Waals surface area contributed by atoms with E-state index in [0.717, 1.165) is 67.7 Å². The number of anilines is 1. The van der Waals surface area contributed by atoms with Crippen molar-refractivity contribution in [1.82, 2.24) is 14.9 Å². The molecule has 36 heavy (non-hydrogen) atoms. The average Bonchev–Trinajstić information content (AvgIpc) is 3.52. The van der Waals surface area contributed by atoms with Crippen LogP contribution in [0.25, 0.3) is 11.1 Å². The zero-order valence-electron chi connectivity index (χ0n) is 20.5. The first-order valence-electron chi connectivity index (χ1n) is 13.2. The molecule has 2 aromatic carbocycles. The fourth-order valence-electron chi connectivity index (χ4n) is 6.19. The summed E-state index contributed by atoms with van der Waals surface area (Å²) >= 11 is 13.5. The lowest BCUT2D eigenvalue weighted by molar-refractivity contribution is -0.133. The minimum Gasteiger partial charge on any atom is -0.372 e. The van der Waals surface area contributed by atoms with E-state index in [2.05, 4.69) is 44.0 Å². The molecule has 3 aromatic rings. The first kappa shape index (κ1) is 23.9. The second kappa shape index (κ2) is 10.1. The van der Waals surface area contributed by atoms with Crippen molar-refractivity contribution < 1.29 is 4.79 Å². The van der Waals surface area contributed by atoms with Crippen LogP contribution in [0.2, 0.25) is 10.0 Å². The summed E-state index contributed by atoms with van der Waals surface area (Å²) in [6.07, 6.45) is 9.82. The Morgan fingerprint density at radius 1 is 0.944 bits per heavy atom. The van der Waals surface area contributed by atoms with Crippen LogP contribution in [0.3, 0.4) is 0 Å². The highest BCUT2D eigenvalue weighted by atomic mass is 35.5. The van der Waals surface area contributed by atoms with E-state index in [1.807, 2.05) is 12.1 Å². The normalized spacial score (nSPS) is 22.2. The number of H-pyrrole nitrogens is 1. The molecule has 5 nitrogen and oxygen atoms in total. The number of piperidine rings is 1. The van der Waals surface area contributed by atoms with Crippen LogP contribution >= 0.6 is 23.2 Å². The Labute approximate surface area is 222 Å². The van der Waals surface area contributed by atoms with E-state index in [9.17, 15) is 4.79 Å². The zero-order valence-corrected chi connectivity index (χ0v) is 22.0. The molecular weight excluding hydrogens is 491 g/mol. The van der Waals surface area contributed by atoms with Gasteiger partial charge in [0.25, 0.3) is 0 Å². The molecule has 0 bridgehead atoms. The van der Waals surface area contributed by atoms with Crippen molar-refractivity contribution in [3.05, 3.63) is 69.7 Å². The number of imidazole rings is 1. The second-order valence-corrected chi connectivity index (χ2v) is 11.3. The van der Waals surface area contributed by atoms with Gasteiger partial charge in [0.05, 0.1) is 12.0 Å². The molecule has 1 aliphatic carbocycles. The lowest BCUT2D eigenvalue weighted by atomic mass is 9.94. The minimum absolute atomic E-state index is 0.0714. The molecule has 188 valence electrons. The molecule has 1 aromatic heterocycles. The number of aryl methyl sites for hydroxylation is 1. The fourth-order valence-corrected chi connectivity index (χ4v) is 6.83. The maximum atomic E-state index is 13.3. The third-order valence-electron chi connectivity index (χ3n) is 8.27. The fraction of sp³-hybridized carbons (Fsp3) is 0.448. The maximum absolute atomic E-state index is 13.3. The summed E-state index contributed by atoms with van der Waals surface area (Å²) in [5.74, 6) is 0.158. The van der Waals surface area contributed by atoms with Gasteiger partial charge in [0.15, 0.2) is 0 Å². The van der Waals surface area contributed by atoms with E-state index in [1.54, 1.807) is 6.33 Å². The molecule has 0 radical (unpaired) electrons. The van der Waals surface area contributed by atoms with Crippen LogP contribution in [-0.4, -0.2) is 46.5 Å². The van der Waals surface area contributed by atoms with Crippen molar-refractivity contribution >= 4 is 34.8 Å². The molecule has 2 saturated heterocycles. The molecule has 3 heterocycles. The van der Waals surface area contributed by atoms with E-state index >= 15 is 0 Å². The Morgan fingerprint density at radius 2 is 1.69 bits per heavy atom. The second-order valence-electron chi connectivity index (χ2n) is 10.5. The molecule has 0 spiro atoms. The predicted octanol–water partition coefficient (Wildman–Crippen LogP) is 6.32. The highest BCUT2D eigenvalue weighted by molar-refractivity contribution is 6.36. The topological polar surface area (TPSA) is 52.2 Å². The van der Waals surface area contributed by atoms with Gasteiger partial charge in [-0.2, -0.15) is 0 Å². The molecule has 7 heteroatoms. The number of aromatic amines is 1. The summed E-state index contributed by atoms with van der Waals surface area (Å²) in [4.78, 5) is 25.5. The Bertz CT molecular complexity index is 1230. The SMILES string of the molecule is O=C1[C@H](Cc2c(Cl)cc(-c3ccc(N4CCCCC4)cc3)cc2Cl)CCN1C1CCc2nc[nH]c2C1. The van der Waals surface area contributed by atoms with Gasteiger partial charge < -0.3 is 14.8 Å². The van der Waals surface area contributed by atoms with Gasteiger partial charge in [0, 0.05) is 59.4 Å². The highest BCUT2D eigenvalue weighted by Crippen LogP contribution is 2.37. The predicted molar refractivity (Wildman–Crippen MR) is 146 cm³/mol. The molecule has 0 saturated carbocycles. The van der Waals surface area contributed by atoms with Crippen LogP contribution in [0.5, 0.6) is 0 Å². The average molecular weight is 524 g/mol. The quantitative estimate of drug-likeness (QED) is 0.426. The lowest BCUT2D eigenvalue weighted by Crippen LogP contribution is -2.41. The van der Waals surface area contributed by atoms with Gasteiger partial charge in [-0.25, -0.2) is 4.98 Å². The molecule has 3 aliphatic rings. The van der Waals surface area contributed by atoms with Gasteiger partial charge in [-0.05, 0) is 85.9 Å². The summed E-state index contributed by atoms with van der Waals surface area (Å²) in [5, 5.41) is 1.28. The summed E-state index contributed by atoms with van der Waals surface area (Å²) in [6, 6.07) is 12.9. The number of amides is 1. The van der Waals surface area contributed by atoms with E-state index in [4.69, 9.17) is 23.2 Å². The van der Waals surface area contributed by atoms with Gasteiger partial charge in [-0.3, -0.25) is 4.79 Å². The van der Waals surface area contributed by atoms with Gasteiger partial charge in [-0.1, -0.05) is 35.3 Å². The molecule has 1 N–H and O–H groups in total. The number of nitrogens with one attached hydrogen (secondary N) is 1. The summed E-state index contributed by atoms with van der Waals surface area (Å²) in [6.45, 7) is 3.07. The van der Waals surface area contributed by atoms with E-state index in [1.165, 1.54) is 30.6 Å². The van der Waals surface area contributed by atoms with Crippen LogP contribution in [0.4, 0.5) is 5.69 Å². The van der Waals surface area contributed by atoms with Crippen molar-refractivity contribution in [2.75, 3.05) is 24.5 Å². The van der Waals surface area contributed by atoms with E-state index in [-0.39, 0.29) is 17.9 Å². The van der Waals surface area contributed by atoms with Crippen molar-refractivity contribution in [3.63, 3.8) is 0 Å². The van der Waals surface area contributed by atoms with Crippen LogP contribution < -0.4 is 4.90 Å². The molecule has 2 fully saturated rings. The molecule has 1 amide bonds. The van der Waals surface area contributed by atoms with Gasteiger partial charge >= 0.3 is 0 Å². The van der Waals surface area contributed by atoms with Crippen molar-refractivity contribution in [2.45, 2.75) is 57.4 Å². The van der Waals surface area contributed by atoms with Crippen molar-refractivity contribution in [1.29, 1.82) is 0 Å². The number of hydrogen-bond acceptors (Lipinski definition) is 3. The Hall–Kier alpha value is -2.50. The Balaban J connectivity index is 1.14. The Kier molecular flexibility index (Phi) is 6.70. The maximum Gasteiger partial charge on any atom is 0.226 e. The zero-order chi connectivity index (χ0) is 24.6. The number of hydrogen-bond donors (Lipinski definition) is 1. The van der Waals surface area contributed by atoms with Crippen LogP contribution in [-0.2, 0) is 24.1 Å². The first-order chi connectivity index (χ1) is 17.6. The number of aromatic nitrogens is 2. The van der Waals surface area contributed by atoms with Crippen LogP contribution in [0.1, 0.15) is 49.1 Å².